The molecule has 2 heterocycles. The van der Waals surface area contributed by atoms with Crippen molar-refractivity contribution in [1.82, 2.24) is 4.98 Å². The average molecular weight is 391 g/mol. The Bertz CT molecular complexity index is 839. The highest BCUT2D eigenvalue weighted by atomic mass is 16.7. The van der Waals surface area contributed by atoms with Gasteiger partial charge in [-0.2, -0.15) is 0 Å². The molecule has 0 spiro atoms. The van der Waals surface area contributed by atoms with Gasteiger partial charge in [-0.3, -0.25) is 4.98 Å². The van der Waals surface area contributed by atoms with Crippen LogP contribution >= 0.6 is 0 Å². The second kappa shape index (κ2) is 8.85. The molecule has 2 aromatic rings. The topological polar surface area (TPSA) is 31.4 Å². The fourth-order valence-corrected chi connectivity index (χ4v) is 3.54. The Kier molecular flexibility index (Phi) is 6.65. The summed E-state index contributed by atoms with van der Waals surface area (Å²) in [7, 11) is -0.327. The number of rotatable bonds is 7. The number of pyridine rings is 1. The third kappa shape index (κ3) is 4.81. The van der Waals surface area contributed by atoms with Crippen molar-refractivity contribution in [1.29, 1.82) is 0 Å². The van der Waals surface area contributed by atoms with Crippen LogP contribution in [0.4, 0.5) is 0 Å². The van der Waals surface area contributed by atoms with E-state index in [1.165, 1.54) is 17.6 Å². The van der Waals surface area contributed by atoms with Crippen molar-refractivity contribution in [2.45, 2.75) is 78.4 Å². The van der Waals surface area contributed by atoms with Crippen LogP contribution in [0.25, 0.3) is 16.7 Å². The SMILES string of the molecule is CCC/C=C(\CCC)c1cncc(-c2ccc(B3OC(C)(C)C(C)(C)O3)cc2)c1. The second-order valence-electron chi connectivity index (χ2n) is 8.94. The first kappa shape index (κ1) is 21.8. The lowest BCUT2D eigenvalue weighted by molar-refractivity contribution is 0.00578. The van der Waals surface area contributed by atoms with Crippen LogP contribution in [0, 0.1) is 0 Å². The van der Waals surface area contributed by atoms with Crippen molar-refractivity contribution in [3.05, 3.63) is 54.4 Å². The number of nitrogens with zero attached hydrogens (tertiary/aromatic N) is 1. The Morgan fingerprint density at radius 1 is 0.931 bits per heavy atom. The average Bonchev–Trinajstić information content (AvgIpc) is 2.92. The van der Waals surface area contributed by atoms with Crippen molar-refractivity contribution in [3.8, 4) is 11.1 Å². The highest BCUT2D eigenvalue weighted by Crippen LogP contribution is 2.36. The summed E-state index contributed by atoms with van der Waals surface area (Å²) in [6.07, 6.45) is 10.8. The van der Waals surface area contributed by atoms with Crippen LogP contribution in [-0.4, -0.2) is 23.3 Å². The number of allylic oxidation sites excluding steroid dienone is 2. The molecule has 3 nitrogen and oxygen atoms in total. The number of aromatic nitrogens is 1. The van der Waals surface area contributed by atoms with Crippen LogP contribution in [0.2, 0.25) is 0 Å². The molecule has 4 heteroatoms. The van der Waals surface area contributed by atoms with Crippen LogP contribution in [0.1, 0.15) is 72.8 Å². The van der Waals surface area contributed by atoms with Gasteiger partial charge in [0.05, 0.1) is 11.2 Å². The molecular weight excluding hydrogens is 357 g/mol. The highest BCUT2D eigenvalue weighted by molar-refractivity contribution is 6.62. The van der Waals surface area contributed by atoms with Crippen LogP contribution in [0.3, 0.4) is 0 Å². The normalized spacial score (nSPS) is 18.3. The van der Waals surface area contributed by atoms with Crippen LogP contribution < -0.4 is 5.46 Å². The molecule has 1 saturated heterocycles. The molecular formula is C25H34BNO2. The fourth-order valence-electron chi connectivity index (χ4n) is 3.54. The standard InChI is InChI=1S/C25H34BNO2/c1-7-9-11-19(10-8-2)21-16-22(18-27-17-21)20-12-14-23(15-13-20)26-28-24(3,4)25(5,6)29-26/h11-18H,7-10H2,1-6H3/b19-11+. The maximum absolute atomic E-state index is 6.17. The quantitative estimate of drug-likeness (QED) is 0.540. The Hall–Kier alpha value is -1.91. The van der Waals surface area contributed by atoms with Gasteiger partial charge in [-0.25, -0.2) is 0 Å². The molecule has 29 heavy (non-hydrogen) atoms. The summed E-state index contributed by atoms with van der Waals surface area (Å²) in [4.78, 5) is 4.52. The zero-order chi connectivity index (χ0) is 21.1. The van der Waals surface area contributed by atoms with E-state index in [0.29, 0.717) is 0 Å². The number of hydrogen-bond acceptors (Lipinski definition) is 3. The van der Waals surface area contributed by atoms with Gasteiger partial charge in [0.2, 0.25) is 0 Å². The van der Waals surface area contributed by atoms with Gasteiger partial charge in [0, 0.05) is 18.0 Å². The van der Waals surface area contributed by atoms with E-state index in [9.17, 15) is 0 Å². The minimum absolute atomic E-state index is 0.324. The molecule has 0 radical (unpaired) electrons. The summed E-state index contributed by atoms with van der Waals surface area (Å²) in [5.41, 5.74) is 5.33. The molecule has 0 N–H and O–H groups in total. The molecule has 0 amide bonds. The molecule has 0 saturated carbocycles. The summed E-state index contributed by atoms with van der Waals surface area (Å²) in [5, 5.41) is 0. The Balaban J connectivity index is 1.82. The highest BCUT2D eigenvalue weighted by Gasteiger charge is 2.51. The summed E-state index contributed by atoms with van der Waals surface area (Å²) in [6.45, 7) is 12.8. The maximum atomic E-state index is 6.17. The predicted molar refractivity (Wildman–Crippen MR) is 123 cm³/mol. The Morgan fingerprint density at radius 2 is 1.59 bits per heavy atom. The maximum Gasteiger partial charge on any atom is 0.494 e. The van der Waals surface area contributed by atoms with E-state index in [1.54, 1.807) is 0 Å². The Morgan fingerprint density at radius 3 is 2.17 bits per heavy atom. The molecule has 0 unspecified atom stereocenters. The molecule has 1 aromatic heterocycles. The summed E-state index contributed by atoms with van der Waals surface area (Å²) in [6, 6.07) is 10.7. The summed E-state index contributed by atoms with van der Waals surface area (Å²) in [5.74, 6) is 0. The number of benzene rings is 1. The molecule has 0 bridgehead atoms. The van der Waals surface area contributed by atoms with Gasteiger partial charge in [-0.1, -0.05) is 57.0 Å². The van der Waals surface area contributed by atoms with Gasteiger partial charge in [-0.05, 0) is 68.8 Å². The predicted octanol–water partition coefficient (Wildman–Crippen LogP) is 6.03. The van der Waals surface area contributed by atoms with Gasteiger partial charge < -0.3 is 9.31 Å². The van der Waals surface area contributed by atoms with E-state index < -0.39 is 0 Å². The van der Waals surface area contributed by atoms with Crippen molar-refractivity contribution in [2.24, 2.45) is 0 Å². The molecule has 1 aromatic carbocycles. The first-order chi connectivity index (χ1) is 13.8. The van der Waals surface area contributed by atoms with E-state index in [0.717, 1.165) is 35.9 Å². The first-order valence-corrected chi connectivity index (χ1v) is 10.9. The Labute approximate surface area is 176 Å². The van der Waals surface area contributed by atoms with Crippen molar-refractivity contribution < 1.29 is 9.31 Å². The van der Waals surface area contributed by atoms with E-state index in [2.05, 4.69) is 82.9 Å². The zero-order valence-electron chi connectivity index (χ0n) is 18.8. The first-order valence-electron chi connectivity index (χ1n) is 10.9. The van der Waals surface area contributed by atoms with E-state index in [4.69, 9.17) is 9.31 Å². The third-order valence-corrected chi connectivity index (χ3v) is 6.08. The molecule has 3 rings (SSSR count). The number of hydrogen-bond donors (Lipinski definition) is 0. The smallest absolute Gasteiger partial charge is 0.399 e. The molecule has 1 fully saturated rings. The van der Waals surface area contributed by atoms with Crippen molar-refractivity contribution in [2.75, 3.05) is 0 Å². The molecule has 1 aliphatic rings. The molecule has 0 atom stereocenters. The van der Waals surface area contributed by atoms with Gasteiger partial charge in [0.15, 0.2) is 0 Å². The van der Waals surface area contributed by atoms with E-state index >= 15 is 0 Å². The van der Waals surface area contributed by atoms with Crippen molar-refractivity contribution >= 4 is 18.2 Å². The molecule has 154 valence electrons. The largest absolute Gasteiger partial charge is 0.494 e. The molecule has 1 aliphatic heterocycles. The lowest BCUT2D eigenvalue weighted by Crippen LogP contribution is -2.41. The van der Waals surface area contributed by atoms with Crippen LogP contribution in [-0.2, 0) is 9.31 Å². The van der Waals surface area contributed by atoms with Gasteiger partial charge in [-0.15, -0.1) is 0 Å². The van der Waals surface area contributed by atoms with Crippen LogP contribution in [0.5, 0.6) is 0 Å². The van der Waals surface area contributed by atoms with E-state index in [-0.39, 0.29) is 18.3 Å². The van der Waals surface area contributed by atoms with Crippen molar-refractivity contribution in [3.63, 3.8) is 0 Å². The van der Waals surface area contributed by atoms with Gasteiger partial charge in [0.1, 0.15) is 0 Å². The third-order valence-electron chi connectivity index (χ3n) is 6.08. The fraction of sp³-hybridized carbons (Fsp3) is 0.480. The molecule has 0 aliphatic carbocycles. The van der Waals surface area contributed by atoms with Gasteiger partial charge in [0.25, 0.3) is 0 Å². The summed E-state index contributed by atoms with van der Waals surface area (Å²) >= 11 is 0. The minimum Gasteiger partial charge on any atom is -0.399 e. The minimum atomic E-state index is -0.327. The number of unbranched alkanes of at least 4 members (excludes halogenated alkanes) is 1. The monoisotopic (exact) mass is 391 g/mol. The lowest BCUT2D eigenvalue weighted by Gasteiger charge is -2.32. The summed E-state index contributed by atoms with van der Waals surface area (Å²) < 4.78 is 12.3. The van der Waals surface area contributed by atoms with Gasteiger partial charge >= 0.3 is 7.12 Å². The van der Waals surface area contributed by atoms with E-state index in [1.807, 2.05) is 12.4 Å². The van der Waals surface area contributed by atoms with Crippen LogP contribution in [0.15, 0.2) is 48.8 Å². The zero-order valence-corrected chi connectivity index (χ0v) is 18.8. The lowest BCUT2D eigenvalue weighted by atomic mass is 9.78. The second-order valence-corrected chi connectivity index (χ2v) is 8.94.